The molecule has 0 atom stereocenters. The molecule has 1 rings (SSSR count). The molecule has 0 radical (unpaired) electrons. The molecule has 0 aromatic heterocycles. The van der Waals surface area contributed by atoms with E-state index in [1.54, 1.807) is 0 Å². The van der Waals surface area contributed by atoms with Crippen molar-refractivity contribution in [3.8, 4) is 0 Å². The number of nitro benzene ring substituents is 1. The minimum absolute atomic E-state index is 0.00378. The molecule has 6 nitrogen and oxygen atoms in total. The summed E-state index contributed by atoms with van der Waals surface area (Å²) in [5.74, 6) is 0.256. The van der Waals surface area contributed by atoms with Crippen molar-refractivity contribution in [2.75, 3.05) is 25.0 Å². The van der Waals surface area contributed by atoms with Crippen molar-refractivity contribution in [3.05, 3.63) is 34.4 Å². The first-order chi connectivity index (χ1) is 9.03. The highest BCUT2D eigenvalue weighted by atomic mass is 35.5. The fourth-order valence-electron chi connectivity index (χ4n) is 1.27. The summed E-state index contributed by atoms with van der Waals surface area (Å²) in [5, 5.41) is 10.8. The van der Waals surface area contributed by atoms with Gasteiger partial charge in [0, 0.05) is 23.9 Å². The number of rotatable bonds is 8. The van der Waals surface area contributed by atoms with Crippen LogP contribution in [0.15, 0.2) is 24.3 Å². The molecule has 0 fully saturated rings. The van der Waals surface area contributed by atoms with Crippen molar-refractivity contribution < 1.29 is 18.5 Å². The van der Waals surface area contributed by atoms with Crippen molar-refractivity contribution in [2.45, 2.75) is 0 Å². The van der Waals surface area contributed by atoms with Crippen LogP contribution in [0.1, 0.15) is 0 Å². The molecule has 0 amide bonds. The van der Waals surface area contributed by atoms with Crippen LogP contribution in [-0.4, -0.2) is 29.9 Å². The van der Waals surface area contributed by atoms with Gasteiger partial charge in [0.15, 0.2) is 0 Å². The quantitative estimate of drug-likeness (QED) is 0.317. The third kappa shape index (κ3) is 4.75. The SMILES string of the molecule is O=[N+]([O-])c1cccc(P(=O)(OCCCl)OCCCl)c1. The lowest BCUT2D eigenvalue weighted by molar-refractivity contribution is -0.384. The Hall–Kier alpha value is -0.650. The second kappa shape index (κ2) is 7.82. The van der Waals surface area contributed by atoms with Crippen molar-refractivity contribution in [3.63, 3.8) is 0 Å². The molecule has 0 aliphatic rings. The summed E-state index contributed by atoms with van der Waals surface area (Å²) >= 11 is 10.9. The van der Waals surface area contributed by atoms with Gasteiger partial charge in [-0.3, -0.25) is 14.7 Å². The van der Waals surface area contributed by atoms with E-state index in [0.717, 1.165) is 6.07 Å². The Bertz CT molecular complexity index is 473. The molecule has 1 aromatic rings. The normalized spacial score (nSPS) is 11.5. The zero-order valence-corrected chi connectivity index (χ0v) is 12.2. The molecule has 0 saturated carbocycles. The molecule has 9 heteroatoms. The van der Waals surface area contributed by atoms with Gasteiger partial charge in [-0.1, -0.05) is 6.07 Å². The number of non-ortho nitro benzene ring substituents is 1. The van der Waals surface area contributed by atoms with Crippen LogP contribution in [0.25, 0.3) is 0 Å². The average Bonchev–Trinajstić information content (AvgIpc) is 2.43. The molecule has 0 aliphatic carbocycles. The highest BCUT2D eigenvalue weighted by Gasteiger charge is 2.29. The van der Waals surface area contributed by atoms with Gasteiger partial charge in [0.2, 0.25) is 0 Å². The molecule has 0 aliphatic heterocycles. The smallest absolute Gasteiger partial charge is 0.304 e. The van der Waals surface area contributed by atoms with Gasteiger partial charge in [0.1, 0.15) is 0 Å². The molecule has 0 unspecified atom stereocenters. The molecular formula is C10H12Cl2NO5P. The molecule has 0 heterocycles. The number of halogens is 2. The number of hydrogen-bond donors (Lipinski definition) is 0. The van der Waals surface area contributed by atoms with Crippen molar-refractivity contribution in [2.24, 2.45) is 0 Å². The highest BCUT2D eigenvalue weighted by molar-refractivity contribution is 7.62. The summed E-state index contributed by atoms with van der Waals surface area (Å²) in [7, 11) is -3.64. The first-order valence-corrected chi connectivity index (χ1v) is 7.91. The molecule has 1 aromatic carbocycles. The monoisotopic (exact) mass is 327 g/mol. The zero-order chi connectivity index (χ0) is 14.3. The molecule has 0 bridgehead atoms. The minimum atomic E-state index is -3.64. The minimum Gasteiger partial charge on any atom is -0.304 e. The van der Waals surface area contributed by atoms with Crippen LogP contribution in [0.5, 0.6) is 0 Å². The predicted molar refractivity (Wildman–Crippen MR) is 73.7 cm³/mol. The molecule has 106 valence electrons. The summed E-state index contributed by atoms with van der Waals surface area (Å²) in [6, 6.07) is 5.30. The fraction of sp³-hybridized carbons (Fsp3) is 0.400. The average molecular weight is 328 g/mol. The van der Waals surface area contributed by atoms with E-state index in [0.29, 0.717) is 0 Å². The Morgan fingerprint density at radius 1 is 1.21 bits per heavy atom. The number of nitro groups is 1. The van der Waals surface area contributed by atoms with E-state index in [4.69, 9.17) is 32.2 Å². The zero-order valence-electron chi connectivity index (χ0n) is 9.83. The van der Waals surface area contributed by atoms with Gasteiger partial charge < -0.3 is 9.05 Å². The van der Waals surface area contributed by atoms with Gasteiger partial charge in [-0.25, -0.2) is 0 Å². The standard InChI is InChI=1S/C10H12Cl2NO5P/c11-4-6-17-19(16,18-7-5-12)10-3-1-2-9(8-10)13(14)15/h1-3,8H,4-7H2. The highest BCUT2D eigenvalue weighted by Crippen LogP contribution is 2.47. The largest absolute Gasteiger partial charge is 0.361 e. The summed E-state index contributed by atoms with van der Waals surface area (Å²) in [6.45, 7) is 0.00756. The maximum absolute atomic E-state index is 12.5. The van der Waals surface area contributed by atoms with Gasteiger partial charge in [-0.2, -0.15) is 0 Å². The lowest BCUT2D eigenvalue weighted by atomic mass is 10.3. The van der Waals surface area contributed by atoms with Crippen LogP contribution in [0.2, 0.25) is 0 Å². The van der Waals surface area contributed by atoms with Gasteiger partial charge >= 0.3 is 7.60 Å². The molecule has 0 spiro atoms. The predicted octanol–water partition coefficient (Wildman–Crippen LogP) is 2.92. The van der Waals surface area contributed by atoms with Crippen LogP contribution in [0.4, 0.5) is 5.69 Å². The third-order valence-electron chi connectivity index (χ3n) is 2.03. The topological polar surface area (TPSA) is 78.7 Å². The maximum atomic E-state index is 12.5. The lowest BCUT2D eigenvalue weighted by Gasteiger charge is -2.17. The van der Waals surface area contributed by atoms with Crippen LogP contribution in [-0.2, 0) is 13.6 Å². The van der Waals surface area contributed by atoms with Gasteiger partial charge in [0.25, 0.3) is 5.69 Å². The number of hydrogen-bond acceptors (Lipinski definition) is 5. The van der Waals surface area contributed by atoms with Crippen molar-refractivity contribution >= 4 is 41.8 Å². The fourth-order valence-corrected chi connectivity index (χ4v) is 3.24. The van der Waals surface area contributed by atoms with E-state index in [-0.39, 0.29) is 36.0 Å². The van der Waals surface area contributed by atoms with Crippen LogP contribution in [0, 0.1) is 10.1 Å². The second-order valence-electron chi connectivity index (χ2n) is 3.32. The van der Waals surface area contributed by atoms with E-state index >= 15 is 0 Å². The molecule has 19 heavy (non-hydrogen) atoms. The van der Waals surface area contributed by atoms with Gasteiger partial charge in [-0.05, 0) is 6.07 Å². The summed E-state index contributed by atoms with van der Waals surface area (Å²) in [6.07, 6.45) is 0. The molecular weight excluding hydrogens is 316 g/mol. The summed E-state index contributed by atoms with van der Waals surface area (Å²) in [5.41, 5.74) is -0.193. The van der Waals surface area contributed by atoms with Gasteiger partial charge in [-0.15, -0.1) is 23.2 Å². The van der Waals surface area contributed by atoms with Crippen LogP contribution in [0.3, 0.4) is 0 Å². The number of benzene rings is 1. The van der Waals surface area contributed by atoms with E-state index < -0.39 is 12.5 Å². The van der Waals surface area contributed by atoms with E-state index in [1.807, 2.05) is 0 Å². The maximum Gasteiger partial charge on any atom is 0.361 e. The second-order valence-corrected chi connectivity index (χ2v) is 6.10. The first kappa shape index (κ1) is 16.4. The first-order valence-electron chi connectivity index (χ1n) is 5.29. The molecule has 0 saturated heterocycles. The van der Waals surface area contributed by atoms with E-state index in [2.05, 4.69) is 0 Å². The van der Waals surface area contributed by atoms with E-state index in [9.17, 15) is 14.7 Å². The summed E-state index contributed by atoms with van der Waals surface area (Å²) in [4.78, 5) is 10.1. The summed E-state index contributed by atoms with van der Waals surface area (Å²) < 4.78 is 22.8. The Kier molecular flexibility index (Phi) is 6.75. The Morgan fingerprint density at radius 2 is 1.79 bits per heavy atom. The number of nitrogens with zero attached hydrogens (tertiary/aromatic N) is 1. The Labute approximate surface area is 120 Å². The van der Waals surface area contributed by atoms with Crippen LogP contribution < -0.4 is 5.30 Å². The Balaban J connectivity index is 3.05. The van der Waals surface area contributed by atoms with Crippen molar-refractivity contribution in [1.82, 2.24) is 0 Å². The van der Waals surface area contributed by atoms with Gasteiger partial charge in [0.05, 0.1) is 23.4 Å². The van der Waals surface area contributed by atoms with Crippen molar-refractivity contribution in [1.29, 1.82) is 0 Å². The van der Waals surface area contributed by atoms with E-state index in [1.165, 1.54) is 18.2 Å². The Morgan fingerprint density at radius 3 is 2.26 bits per heavy atom. The molecule has 0 N–H and O–H groups in total. The lowest BCUT2D eigenvalue weighted by Crippen LogP contribution is -2.13. The third-order valence-corrected chi connectivity index (χ3v) is 4.30. The van der Waals surface area contributed by atoms with Crippen LogP contribution >= 0.6 is 30.8 Å². The number of alkyl halides is 2.